The van der Waals surface area contributed by atoms with E-state index in [0.29, 0.717) is 18.0 Å². The quantitative estimate of drug-likeness (QED) is 0.773. The smallest absolute Gasteiger partial charge is 0.175 e. The maximum absolute atomic E-state index is 11.8. The van der Waals surface area contributed by atoms with Crippen LogP contribution in [0.1, 0.15) is 5.56 Å². The summed E-state index contributed by atoms with van der Waals surface area (Å²) >= 11 is 0. The van der Waals surface area contributed by atoms with Crippen LogP contribution in [0.25, 0.3) is 0 Å². The molecule has 84 valence electrons. The van der Waals surface area contributed by atoms with Crippen molar-refractivity contribution < 1.29 is 12.8 Å². The van der Waals surface area contributed by atoms with Crippen molar-refractivity contribution in [1.29, 1.82) is 0 Å². The molecule has 0 aromatic heterocycles. The van der Waals surface area contributed by atoms with Gasteiger partial charge in [-0.2, -0.15) is 0 Å². The van der Waals surface area contributed by atoms with Crippen LogP contribution in [0.15, 0.2) is 29.2 Å². The number of sulfone groups is 1. The molecule has 0 fully saturated rings. The number of nitrogens with one attached hydrogen (secondary N) is 1. The number of hydrogen-bond donors (Lipinski definition) is 1. The minimum absolute atomic E-state index is 0.303. The van der Waals surface area contributed by atoms with E-state index >= 15 is 0 Å². The van der Waals surface area contributed by atoms with E-state index in [4.69, 9.17) is 0 Å². The Balaban J connectivity index is 2.65. The molecule has 15 heavy (non-hydrogen) atoms. The van der Waals surface area contributed by atoms with Crippen molar-refractivity contribution in [3.63, 3.8) is 0 Å². The highest BCUT2D eigenvalue weighted by molar-refractivity contribution is 7.90. The first kappa shape index (κ1) is 12.1. The summed E-state index contributed by atoms with van der Waals surface area (Å²) in [4.78, 5) is 0.303. The van der Waals surface area contributed by atoms with Gasteiger partial charge in [-0.15, -0.1) is 0 Å². The molecule has 3 nitrogen and oxygen atoms in total. The average Bonchev–Trinajstić information content (AvgIpc) is 2.18. The number of halogens is 1. The summed E-state index contributed by atoms with van der Waals surface area (Å²) < 4.78 is 34.1. The third kappa shape index (κ3) is 3.97. The lowest BCUT2D eigenvalue weighted by Crippen LogP contribution is -2.15. The van der Waals surface area contributed by atoms with Gasteiger partial charge in [-0.1, -0.05) is 12.1 Å². The van der Waals surface area contributed by atoms with Gasteiger partial charge in [0.25, 0.3) is 0 Å². The van der Waals surface area contributed by atoms with Gasteiger partial charge in [-0.05, 0) is 17.7 Å². The van der Waals surface area contributed by atoms with Crippen LogP contribution in [0.5, 0.6) is 0 Å². The molecule has 0 amide bonds. The molecule has 0 saturated carbocycles. The molecule has 1 rings (SSSR count). The van der Waals surface area contributed by atoms with Crippen molar-refractivity contribution in [3.8, 4) is 0 Å². The monoisotopic (exact) mass is 231 g/mol. The largest absolute Gasteiger partial charge is 0.310 e. The maximum atomic E-state index is 11.8. The molecule has 1 N–H and O–H groups in total. The Bertz CT molecular complexity index is 400. The zero-order valence-corrected chi connectivity index (χ0v) is 9.35. The first-order chi connectivity index (χ1) is 7.04. The van der Waals surface area contributed by atoms with E-state index in [0.717, 1.165) is 5.56 Å². The topological polar surface area (TPSA) is 46.2 Å². The Morgan fingerprint density at radius 3 is 2.33 bits per heavy atom. The van der Waals surface area contributed by atoms with Gasteiger partial charge in [-0.3, -0.25) is 0 Å². The van der Waals surface area contributed by atoms with Crippen LogP contribution >= 0.6 is 0 Å². The van der Waals surface area contributed by atoms with Crippen LogP contribution in [-0.2, 0) is 16.4 Å². The minimum Gasteiger partial charge on any atom is -0.310 e. The summed E-state index contributed by atoms with van der Waals surface area (Å²) in [6.07, 6.45) is 1.17. The first-order valence-electron chi connectivity index (χ1n) is 4.59. The first-order valence-corrected chi connectivity index (χ1v) is 6.49. The fourth-order valence-corrected chi connectivity index (χ4v) is 1.78. The lowest BCUT2D eigenvalue weighted by molar-refractivity contribution is 0.467. The SMILES string of the molecule is CS(=O)(=O)c1ccc(CNCCF)cc1. The molecule has 0 aliphatic carbocycles. The molecule has 0 radical (unpaired) electrons. The number of benzene rings is 1. The zero-order chi connectivity index (χ0) is 11.3. The van der Waals surface area contributed by atoms with Crippen LogP contribution in [0.3, 0.4) is 0 Å². The van der Waals surface area contributed by atoms with Crippen LogP contribution in [0.2, 0.25) is 0 Å². The van der Waals surface area contributed by atoms with Gasteiger partial charge in [-0.25, -0.2) is 12.8 Å². The molecule has 0 bridgehead atoms. The van der Waals surface area contributed by atoms with Crippen molar-refractivity contribution in [2.75, 3.05) is 19.5 Å². The zero-order valence-electron chi connectivity index (χ0n) is 8.53. The predicted molar refractivity (Wildman–Crippen MR) is 57.2 cm³/mol. The van der Waals surface area contributed by atoms with Crippen LogP contribution in [0.4, 0.5) is 4.39 Å². The molecule has 1 aromatic rings. The molecule has 1 aromatic carbocycles. The van der Waals surface area contributed by atoms with E-state index in [9.17, 15) is 12.8 Å². The van der Waals surface area contributed by atoms with Crippen LogP contribution in [-0.4, -0.2) is 27.9 Å². The van der Waals surface area contributed by atoms with Crippen molar-refractivity contribution in [2.45, 2.75) is 11.4 Å². The van der Waals surface area contributed by atoms with Gasteiger partial charge in [0.15, 0.2) is 9.84 Å². The maximum Gasteiger partial charge on any atom is 0.175 e. The van der Waals surface area contributed by atoms with Gasteiger partial charge in [0.1, 0.15) is 6.67 Å². The van der Waals surface area contributed by atoms with Crippen molar-refractivity contribution >= 4 is 9.84 Å². The Hall–Kier alpha value is -0.940. The van der Waals surface area contributed by atoms with E-state index in [-0.39, 0.29) is 0 Å². The van der Waals surface area contributed by atoms with E-state index in [1.807, 2.05) is 0 Å². The highest BCUT2D eigenvalue weighted by Gasteiger charge is 2.05. The van der Waals surface area contributed by atoms with Crippen LogP contribution < -0.4 is 5.32 Å². The molecule has 0 aliphatic heterocycles. The standard InChI is InChI=1S/C10H14FNO2S/c1-15(13,14)10-4-2-9(3-5-10)8-12-7-6-11/h2-5,12H,6-8H2,1H3. The summed E-state index contributed by atoms with van der Waals surface area (Å²) in [6.45, 7) is 0.462. The highest BCUT2D eigenvalue weighted by Crippen LogP contribution is 2.09. The van der Waals surface area contributed by atoms with E-state index < -0.39 is 16.5 Å². The summed E-state index contributed by atoms with van der Waals surface area (Å²) in [5, 5.41) is 2.89. The van der Waals surface area contributed by atoms with Gasteiger partial charge in [0.2, 0.25) is 0 Å². The highest BCUT2D eigenvalue weighted by atomic mass is 32.2. The average molecular weight is 231 g/mol. The predicted octanol–water partition coefficient (Wildman–Crippen LogP) is 1.15. The molecule has 0 atom stereocenters. The number of rotatable bonds is 5. The third-order valence-corrected chi connectivity index (χ3v) is 3.08. The van der Waals surface area contributed by atoms with E-state index in [1.54, 1.807) is 24.3 Å². The molecule has 0 spiro atoms. The second-order valence-corrected chi connectivity index (χ2v) is 5.30. The Kier molecular flexibility index (Phi) is 4.23. The number of hydrogen-bond acceptors (Lipinski definition) is 3. The van der Waals surface area contributed by atoms with Crippen molar-refractivity contribution in [2.24, 2.45) is 0 Å². The lowest BCUT2D eigenvalue weighted by Gasteiger charge is -2.03. The van der Waals surface area contributed by atoms with Gasteiger partial charge >= 0.3 is 0 Å². The van der Waals surface area contributed by atoms with Gasteiger partial charge in [0, 0.05) is 19.3 Å². The van der Waals surface area contributed by atoms with E-state index in [1.165, 1.54) is 6.26 Å². The normalized spacial score (nSPS) is 11.6. The third-order valence-electron chi connectivity index (χ3n) is 1.95. The summed E-state index contributed by atoms with van der Waals surface area (Å²) in [6, 6.07) is 6.56. The molecule has 0 unspecified atom stereocenters. The Labute approximate surface area is 89.2 Å². The van der Waals surface area contributed by atoms with Crippen molar-refractivity contribution in [1.82, 2.24) is 5.32 Å². The van der Waals surface area contributed by atoms with Gasteiger partial charge in [0.05, 0.1) is 4.90 Å². The second-order valence-electron chi connectivity index (χ2n) is 3.28. The fraction of sp³-hybridized carbons (Fsp3) is 0.400. The van der Waals surface area contributed by atoms with Crippen LogP contribution in [0, 0.1) is 0 Å². The van der Waals surface area contributed by atoms with E-state index in [2.05, 4.69) is 5.32 Å². The lowest BCUT2D eigenvalue weighted by atomic mass is 10.2. The summed E-state index contributed by atoms with van der Waals surface area (Å²) in [5.74, 6) is 0. The molecule has 0 heterocycles. The molecule has 0 saturated heterocycles. The molecular formula is C10H14FNO2S. The van der Waals surface area contributed by atoms with Gasteiger partial charge < -0.3 is 5.32 Å². The molecule has 5 heteroatoms. The molecule has 0 aliphatic rings. The fourth-order valence-electron chi connectivity index (χ4n) is 1.15. The summed E-state index contributed by atoms with van der Waals surface area (Å²) in [7, 11) is -3.13. The molecular weight excluding hydrogens is 217 g/mol. The minimum atomic E-state index is -3.13. The second kappa shape index (κ2) is 5.23. The number of alkyl halides is 1. The summed E-state index contributed by atoms with van der Waals surface area (Å²) in [5.41, 5.74) is 0.941. The van der Waals surface area contributed by atoms with Crippen molar-refractivity contribution in [3.05, 3.63) is 29.8 Å². The Morgan fingerprint density at radius 2 is 1.87 bits per heavy atom. The Morgan fingerprint density at radius 1 is 1.27 bits per heavy atom.